The van der Waals surface area contributed by atoms with Gasteiger partial charge in [0, 0.05) is 18.1 Å². The maximum Gasteiger partial charge on any atom is 0.143 e. The molecule has 3 nitrogen and oxygen atoms in total. The molecule has 0 saturated carbocycles. The maximum absolute atomic E-state index is 6.01. The number of hydrogen-bond donors (Lipinski definition) is 1. The third kappa shape index (κ3) is 3.81. The third-order valence-electron chi connectivity index (χ3n) is 2.52. The van der Waals surface area contributed by atoms with Crippen LogP contribution in [0.4, 0.5) is 5.82 Å². The van der Waals surface area contributed by atoms with Crippen molar-refractivity contribution in [2.75, 3.05) is 11.2 Å². The first-order valence-electron chi connectivity index (χ1n) is 5.61. The summed E-state index contributed by atoms with van der Waals surface area (Å²) in [6, 6.07) is 10.5. The van der Waals surface area contributed by atoms with Gasteiger partial charge in [-0.2, -0.15) is 0 Å². The molecular formula is C13H13ClIN3. The molecule has 5 heteroatoms. The number of benzene rings is 1. The number of hydrogen-bond acceptors (Lipinski definition) is 3. The van der Waals surface area contributed by atoms with Crippen LogP contribution < -0.4 is 5.32 Å². The summed E-state index contributed by atoms with van der Waals surface area (Å²) in [7, 11) is 0. The molecule has 0 aliphatic heterocycles. The predicted octanol–water partition coefficient (Wildman–Crippen LogP) is 3.34. The molecule has 18 heavy (non-hydrogen) atoms. The van der Waals surface area contributed by atoms with Crippen molar-refractivity contribution in [1.29, 1.82) is 0 Å². The van der Waals surface area contributed by atoms with Gasteiger partial charge in [0.05, 0.1) is 3.57 Å². The molecule has 0 bridgehead atoms. The largest absolute Gasteiger partial charge is 0.365 e. The summed E-state index contributed by atoms with van der Waals surface area (Å²) in [4.78, 5) is 8.19. The van der Waals surface area contributed by atoms with Gasteiger partial charge in [-0.05, 0) is 34.6 Å². The van der Waals surface area contributed by atoms with Crippen LogP contribution in [0.3, 0.4) is 0 Å². The minimum absolute atomic E-state index is 0.164. The second-order valence-electron chi connectivity index (χ2n) is 3.90. The summed E-state index contributed by atoms with van der Waals surface area (Å²) in [5.74, 6) is 1.38. The first kappa shape index (κ1) is 13.5. The van der Waals surface area contributed by atoms with Gasteiger partial charge in [-0.15, -0.1) is 11.6 Å². The molecule has 1 unspecified atom stereocenters. The Morgan fingerprint density at radius 2 is 2.06 bits per heavy atom. The molecule has 1 N–H and O–H groups in total. The first-order chi connectivity index (χ1) is 8.79. The van der Waals surface area contributed by atoms with E-state index in [-0.39, 0.29) is 6.04 Å². The fraction of sp³-hybridized carbons (Fsp3) is 0.231. The Balaban J connectivity index is 2.04. The van der Waals surface area contributed by atoms with E-state index in [4.69, 9.17) is 11.6 Å². The normalized spacial score (nSPS) is 12.1. The Kier molecular flexibility index (Phi) is 5.19. The fourth-order valence-electron chi connectivity index (χ4n) is 1.65. The van der Waals surface area contributed by atoms with Crippen molar-refractivity contribution in [1.82, 2.24) is 9.97 Å². The van der Waals surface area contributed by atoms with Crippen LogP contribution in [0, 0.1) is 3.57 Å². The van der Waals surface area contributed by atoms with Crippen molar-refractivity contribution >= 4 is 40.0 Å². The lowest BCUT2D eigenvalue weighted by Crippen LogP contribution is -2.25. The van der Waals surface area contributed by atoms with E-state index in [9.17, 15) is 0 Å². The van der Waals surface area contributed by atoms with E-state index in [1.165, 1.54) is 11.9 Å². The monoisotopic (exact) mass is 373 g/mol. The molecule has 94 valence electrons. The lowest BCUT2D eigenvalue weighted by molar-refractivity contribution is 0.789. The van der Waals surface area contributed by atoms with Crippen LogP contribution in [-0.4, -0.2) is 21.9 Å². The van der Waals surface area contributed by atoms with Gasteiger partial charge in [0.25, 0.3) is 0 Å². The van der Waals surface area contributed by atoms with Crippen molar-refractivity contribution < 1.29 is 0 Å². The van der Waals surface area contributed by atoms with E-state index in [2.05, 4.69) is 50.0 Å². The molecule has 0 spiro atoms. The highest BCUT2D eigenvalue weighted by atomic mass is 127. The first-order valence-corrected chi connectivity index (χ1v) is 7.23. The van der Waals surface area contributed by atoms with Gasteiger partial charge in [-0.3, -0.25) is 0 Å². The molecule has 0 fully saturated rings. The Bertz CT molecular complexity index is 493. The maximum atomic E-state index is 6.01. The number of anilines is 1. The number of aromatic nitrogens is 2. The van der Waals surface area contributed by atoms with Gasteiger partial charge in [-0.1, -0.05) is 30.3 Å². The van der Waals surface area contributed by atoms with E-state index in [1.54, 1.807) is 6.20 Å². The molecule has 0 aliphatic carbocycles. The Labute approximate surface area is 125 Å². The Morgan fingerprint density at radius 3 is 2.72 bits per heavy atom. The molecule has 0 saturated heterocycles. The van der Waals surface area contributed by atoms with Crippen LogP contribution in [0.1, 0.15) is 5.56 Å². The molecular weight excluding hydrogens is 361 g/mol. The molecule has 0 amide bonds. The fourth-order valence-corrected chi connectivity index (χ4v) is 2.30. The zero-order valence-electron chi connectivity index (χ0n) is 9.68. The quantitative estimate of drug-likeness (QED) is 0.645. The minimum atomic E-state index is 0.164. The van der Waals surface area contributed by atoms with Crippen LogP contribution in [0.15, 0.2) is 42.9 Å². The Hall–Kier alpha value is -0.880. The van der Waals surface area contributed by atoms with E-state index in [1.807, 2.05) is 18.2 Å². The second kappa shape index (κ2) is 6.89. The van der Waals surface area contributed by atoms with Crippen molar-refractivity contribution in [3.63, 3.8) is 0 Å². The average Bonchev–Trinajstić information content (AvgIpc) is 2.41. The SMILES string of the molecule is ClCC(Cc1ccccc1)Nc1ncncc1I. The van der Waals surface area contributed by atoms with Crippen molar-refractivity contribution in [2.45, 2.75) is 12.5 Å². The van der Waals surface area contributed by atoms with Gasteiger partial charge in [0.1, 0.15) is 12.1 Å². The highest BCUT2D eigenvalue weighted by Gasteiger charge is 2.10. The van der Waals surface area contributed by atoms with Crippen molar-refractivity contribution in [3.05, 3.63) is 52.0 Å². The zero-order chi connectivity index (χ0) is 12.8. The number of halogens is 2. The van der Waals surface area contributed by atoms with Crippen molar-refractivity contribution in [2.24, 2.45) is 0 Å². The van der Waals surface area contributed by atoms with Crippen LogP contribution in [0.25, 0.3) is 0 Å². The van der Waals surface area contributed by atoms with Gasteiger partial charge < -0.3 is 5.32 Å². The number of rotatable bonds is 5. The van der Waals surface area contributed by atoms with Gasteiger partial charge >= 0.3 is 0 Å². The van der Waals surface area contributed by atoms with E-state index >= 15 is 0 Å². The highest BCUT2D eigenvalue weighted by molar-refractivity contribution is 14.1. The summed E-state index contributed by atoms with van der Waals surface area (Å²) in [6.07, 6.45) is 4.20. The molecule has 1 aromatic heterocycles. The minimum Gasteiger partial charge on any atom is -0.365 e. The predicted molar refractivity (Wildman–Crippen MR) is 83.0 cm³/mol. The van der Waals surface area contributed by atoms with Crippen LogP contribution in [0.5, 0.6) is 0 Å². The summed E-state index contributed by atoms with van der Waals surface area (Å²) >= 11 is 8.22. The van der Waals surface area contributed by atoms with Gasteiger partial charge in [0.15, 0.2) is 0 Å². The third-order valence-corrected chi connectivity index (χ3v) is 3.68. The van der Waals surface area contributed by atoms with E-state index in [0.717, 1.165) is 15.8 Å². The topological polar surface area (TPSA) is 37.8 Å². The second-order valence-corrected chi connectivity index (χ2v) is 5.38. The van der Waals surface area contributed by atoms with Crippen LogP contribution in [-0.2, 0) is 6.42 Å². The smallest absolute Gasteiger partial charge is 0.143 e. The van der Waals surface area contributed by atoms with Crippen LogP contribution >= 0.6 is 34.2 Å². The standard InChI is InChI=1S/C13H13ClIN3/c14-7-11(6-10-4-2-1-3-5-10)18-13-12(15)8-16-9-17-13/h1-5,8-9,11H,6-7H2,(H,16,17,18). The average molecular weight is 374 g/mol. The molecule has 1 aromatic carbocycles. The molecule has 0 radical (unpaired) electrons. The number of nitrogens with one attached hydrogen (secondary N) is 1. The summed E-state index contributed by atoms with van der Waals surface area (Å²) in [5, 5.41) is 3.35. The molecule has 1 atom stereocenters. The van der Waals surface area contributed by atoms with Gasteiger partial charge in [-0.25, -0.2) is 9.97 Å². The lowest BCUT2D eigenvalue weighted by atomic mass is 10.1. The van der Waals surface area contributed by atoms with Gasteiger partial charge in [0.2, 0.25) is 0 Å². The summed E-state index contributed by atoms with van der Waals surface area (Å²) < 4.78 is 0.998. The zero-order valence-corrected chi connectivity index (χ0v) is 12.6. The number of alkyl halides is 1. The number of nitrogens with zero attached hydrogens (tertiary/aromatic N) is 2. The van der Waals surface area contributed by atoms with E-state index in [0.29, 0.717) is 5.88 Å². The summed E-state index contributed by atoms with van der Waals surface area (Å²) in [5.41, 5.74) is 1.26. The lowest BCUT2D eigenvalue weighted by Gasteiger charge is -2.17. The molecule has 0 aliphatic rings. The summed E-state index contributed by atoms with van der Waals surface area (Å²) in [6.45, 7) is 0. The van der Waals surface area contributed by atoms with Crippen molar-refractivity contribution in [3.8, 4) is 0 Å². The molecule has 2 aromatic rings. The molecule has 1 heterocycles. The van der Waals surface area contributed by atoms with Crippen LogP contribution in [0.2, 0.25) is 0 Å². The Morgan fingerprint density at radius 1 is 1.28 bits per heavy atom. The molecule has 2 rings (SSSR count). The highest BCUT2D eigenvalue weighted by Crippen LogP contribution is 2.15. The van der Waals surface area contributed by atoms with E-state index < -0.39 is 0 Å².